The van der Waals surface area contributed by atoms with Crippen molar-refractivity contribution in [2.75, 3.05) is 24.3 Å². The third-order valence-corrected chi connectivity index (χ3v) is 6.47. The SMILES string of the molecule is Cc1ccc(NC2CC3CC2C2CCCC32)cc1N(C)C. The van der Waals surface area contributed by atoms with Crippen LogP contribution in [0.15, 0.2) is 18.2 Å². The van der Waals surface area contributed by atoms with Crippen LogP contribution in [0, 0.1) is 30.6 Å². The second-order valence-electron chi connectivity index (χ2n) is 7.80. The highest BCUT2D eigenvalue weighted by Crippen LogP contribution is 2.59. The van der Waals surface area contributed by atoms with Gasteiger partial charge in [-0.05, 0) is 74.0 Å². The van der Waals surface area contributed by atoms with Gasteiger partial charge in [0.2, 0.25) is 0 Å². The average molecular weight is 284 g/mol. The normalized spacial score (nSPS) is 36.8. The third kappa shape index (κ3) is 2.15. The summed E-state index contributed by atoms with van der Waals surface area (Å²) in [4.78, 5) is 2.22. The molecule has 3 saturated carbocycles. The van der Waals surface area contributed by atoms with E-state index in [4.69, 9.17) is 0 Å². The van der Waals surface area contributed by atoms with E-state index in [1.54, 1.807) is 0 Å². The summed E-state index contributed by atoms with van der Waals surface area (Å²) >= 11 is 0. The largest absolute Gasteiger partial charge is 0.382 e. The maximum atomic E-state index is 3.88. The Morgan fingerprint density at radius 3 is 2.67 bits per heavy atom. The number of nitrogens with zero attached hydrogens (tertiary/aromatic N) is 1. The topological polar surface area (TPSA) is 15.3 Å². The molecule has 0 saturated heterocycles. The zero-order valence-electron chi connectivity index (χ0n) is 13.6. The maximum Gasteiger partial charge on any atom is 0.0411 e. The first-order valence-electron chi connectivity index (χ1n) is 8.68. The maximum absolute atomic E-state index is 3.88. The van der Waals surface area contributed by atoms with Crippen molar-refractivity contribution in [1.82, 2.24) is 0 Å². The molecule has 1 aromatic rings. The fraction of sp³-hybridized carbons (Fsp3) is 0.684. The molecule has 2 heteroatoms. The Hall–Kier alpha value is -1.18. The smallest absolute Gasteiger partial charge is 0.0411 e. The van der Waals surface area contributed by atoms with E-state index in [1.807, 2.05) is 0 Å². The lowest BCUT2D eigenvalue weighted by molar-refractivity contribution is 0.243. The Bertz CT molecular complexity index is 536. The van der Waals surface area contributed by atoms with Crippen LogP contribution < -0.4 is 10.2 Å². The highest BCUT2D eigenvalue weighted by atomic mass is 15.1. The van der Waals surface area contributed by atoms with Crippen LogP contribution in [0.3, 0.4) is 0 Å². The second kappa shape index (κ2) is 4.93. The Morgan fingerprint density at radius 1 is 1.05 bits per heavy atom. The number of nitrogens with one attached hydrogen (secondary N) is 1. The molecule has 0 heterocycles. The molecule has 1 aromatic carbocycles. The Kier molecular flexibility index (Phi) is 3.16. The number of benzene rings is 1. The van der Waals surface area contributed by atoms with E-state index in [0.717, 1.165) is 29.7 Å². The fourth-order valence-electron chi connectivity index (χ4n) is 5.63. The van der Waals surface area contributed by atoms with E-state index in [-0.39, 0.29) is 0 Å². The Morgan fingerprint density at radius 2 is 1.86 bits per heavy atom. The lowest BCUT2D eigenvalue weighted by atomic mass is 9.79. The molecule has 0 radical (unpaired) electrons. The molecular weight excluding hydrogens is 256 g/mol. The first kappa shape index (κ1) is 13.5. The zero-order chi connectivity index (χ0) is 14.6. The van der Waals surface area contributed by atoms with Crippen LogP contribution in [0.5, 0.6) is 0 Å². The molecule has 0 amide bonds. The van der Waals surface area contributed by atoms with E-state index >= 15 is 0 Å². The quantitative estimate of drug-likeness (QED) is 0.890. The van der Waals surface area contributed by atoms with Gasteiger partial charge in [-0.1, -0.05) is 12.5 Å². The van der Waals surface area contributed by atoms with Crippen LogP contribution in [0.1, 0.15) is 37.7 Å². The molecule has 2 nitrogen and oxygen atoms in total. The van der Waals surface area contributed by atoms with Crippen molar-refractivity contribution in [1.29, 1.82) is 0 Å². The first-order chi connectivity index (χ1) is 10.1. The minimum absolute atomic E-state index is 0.729. The van der Waals surface area contributed by atoms with Gasteiger partial charge in [0.05, 0.1) is 0 Å². The Balaban J connectivity index is 1.51. The summed E-state index contributed by atoms with van der Waals surface area (Å²) in [7, 11) is 4.26. The van der Waals surface area contributed by atoms with Gasteiger partial charge in [0, 0.05) is 31.5 Å². The summed E-state index contributed by atoms with van der Waals surface area (Å²) in [6.45, 7) is 2.19. The molecule has 3 fully saturated rings. The summed E-state index contributed by atoms with van der Waals surface area (Å²) in [5.74, 6) is 4.11. The van der Waals surface area contributed by atoms with Crippen LogP contribution in [-0.2, 0) is 0 Å². The van der Waals surface area contributed by atoms with E-state index in [9.17, 15) is 0 Å². The molecule has 5 unspecified atom stereocenters. The van der Waals surface area contributed by atoms with Gasteiger partial charge in [0.15, 0.2) is 0 Å². The van der Waals surface area contributed by atoms with E-state index < -0.39 is 0 Å². The monoisotopic (exact) mass is 284 g/mol. The van der Waals surface area contributed by atoms with Gasteiger partial charge in [-0.2, -0.15) is 0 Å². The summed E-state index contributed by atoms with van der Waals surface area (Å²) in [5.41, 5.74) is 4.01. The molecule has 4 rings (SSSR count). The number of fused-ring (bicyclic) bond motifs is 5. The van der Waals surface area contributed by atoms with Crippen LogP contribution >= 0.6 is 0 Å². The molecular formula is C19H28N2. The molecule has 1 N–H and O–H groups in total. The van der Waals surface area contributed by atoms with Gasteiger partial charge in [-0.25, -0.2) is 0 Å². The minimum atomic E-state index is 0.729. The van der Waals surface area contributed by atoms with Crippen molar-refractivity contribution in [2.24, 2.45) is 23.7 Å². The van der Waals surface area contributed by atoms with Crippen molar-refractivity contribution in [3.8, 4) is 0 Å². The molecule has 21 heavy (non-hydrogen) atoms. The minimum Gasteiger partial charge on any atom is -0.382 e. The van der Waals surface area contributed by atoms with Gasteiger partial charge >= 0.3 is 0 Å². The van der Waals surface area contributed by atoms with Gasteiger partial charge in [0.25, 0.3) is 0 Å². The molecule has 3 aliphatic carbocycles. The predicted molar refractivity (Wildman–Crippen MR) is 90.0 cm³/mol. The summed E-state index contributed by atoms with van der Waals surface area (Å²) in [6.07, 6.45) is 7.43. The zero-order valence-corrected chi connectivity index (χ0v) is 13.6. The van der Waals surface area contributed by atoms with Crippen molar-refractivity contribution in [3.05, 3.63) is 23.8 Å². The molecule has 114 valence electrons. The van der Waals surface area contributed by atoms with E-state index in [1.165, 1.54) is 49.0 Å². The van der Waals surface area contributed by atoms with Gasteiger partial charge in [0.1, 0.15) is 0 Å². The molecule has 0 spiro atoms. The number of rotatable bonds is 3. The van der Waals surface area contributed by atoms with Gasteiger partial charge in [-0.15, -0.1) is 0 Å². The summed E-state index contributed by atoms with van der Waals surface area (Å²) < 4.78 is 0. The van der Waals surface area contributed by atoms with Crippen LogP contribution in [0.25, 0.3) is 0 Å². The van der Waals surface area contributed by atoms with Crippen LogP contribution in [-0.4, -0.2) is 20.1 Å². The first-order valence-corrected chi connectivity index (χ1v) is 8.68. The molecule has 2 bridgehead atoms. The van der Waals surface area contributed by atoms with Crippen molar-refractivity contribution in [2.45, 2.75) is 45.1 Å². The standard InChI is InChI=1S/C19H28N2/c1-12-7-8-14(11-19(12)21(2)3)20-18-10-13-9-17(18)16-6-4-5-15(13)16/h7-8,11,13,15-18,20H,4-6,9-10H2,1-3H3. The van der Waals surface area contributed by atoms with Crippen molar-refractivity contribution >= 4 is 11.4 Å². The van der Waals surface area contributed by atoms with Crippen LogP contribution in [0.4, 0.5) is 11.4 Å². The third-order valence-electron chi connectivity index (χ3n) is 6.47. The molecule has 3 aliphatic rings. The fourth-order valence-corrected chi connectivity index (χ4v) is 5.63. The molecule has 5 atom stereocenters. The second-order valence-corrected chi connectivity index (χ2v) is 7.80. The van der Waals surface area contributed by atoms with Crippen LogP contribution in [0.2, 0.25) is 0 Å². The highest BCUT2D eigenvalue weighted by Gasteiger charge is 2.53. The van der Waals surface area contributed by atoms with E-state index in [2.05, 4.69) is 49.4 Å². The number of hydrogen-bond acceptors (Lipinski definition) is 2. The lowest BCUT2D eigenvalue weighted by Crippen LogP contribution is -2.33. The Labute approximate surface area is 128 Å². The summed E-state index contributed by atoms with van der Waals surface area (Å²) in [6, 6.07) is 7.57. The highest BCUT2D eigenvalue weighted by molar-refractivity contribution is 5.62. The van der Waals surface area contributed by atoms with Gasteiger partial charge in [-0.3, -0.25) is 0 Å². The number of aryl methyl sites for hydroxylation is 1. The molecule has 0 aromatic heterocycles. The lowest BCUT2D eigenvalue weighted by Gasteiger charge is -2.33. The molecule has 0 aliphatic heterocycles. The summed E-state index contributed by atoms with van der Waals surface area (Å²) in [5, 5.41) is 3.88. The number of anilines is 2. The van der Waals surface area contributed by atoms with Crippen molar-refractivity contribution in [3.63, 3.8) is 0 Å². The van der Waals surface area contributed by atoms with Gasteiger partial charge < -0.3 is 10.2 Å². The van der Waals surface area contributed by atoms with Crippen molar-refractivity contribution < 1.29 is 0 Å². The van der Waals surface area contributed by atoms with E-state index in [0.29, 0.717) is 0 Å². The number of hydrogen-bond donors (Lipinski definition) is 1. The predicted octanol–water partition coefficient (Wildman–Crippen LogP) is 4.30. The average Bonchev–Trinajstić information content (AvgIpc) is 3.12.